The number of benzene rings is 1. The van der Waals surface area contributed by atoms with Crippen molar-refractivity contribution < 1.29 is 21.6 Å². The number of hydrogen-bond donors (Lipinski definition) is 0. The summed E-state index contributed by atoms with van der Waals surface area (Å²) in [6.07, 6.45) is 0.865. The van der Waals surface area contributed by atoms with Crippen molar-refractivity contribution in [1.29, 1.82) is 0 Å². The van der Waals surface area contributed by atoms with Crippen LogP contribution in [0.15, 0.2) is 30.3 Å². The molecule has 1 amide bonds. The number of rotatable bonds is 4. The van der Waals surface area contributed by atoms with Crippen molar-refractivity contribution >= 4 is 25.6 Å². The highest BCUT2D eigenvalue weighted by molar-refractivity contribution is 7.91. The van der Waals surface area contributed by atoms with Crippen LogP contribution in [0.1, 0.15) is 34.9 Å². The Labute approximate surface area is 176 Å². The lowest BCUT2D eigenvalue weighted by Crippen LogP contribution is -2.38. The molecule has 1 aromatic carbocycles. The molecule has 10 heteroatoms. The Bertz CT molecular complexity index is 1180. The van der Waals surface area contributed by atoms with Crippen molar-refractivity contribution in [1.82, 2.24) is 14.7 Å². The average Bonchev–Trinajstić information content (AvgIpc) is 3.37. The van der Waals surface area contributed by atoms with E-state index in [1.807, 2.05) is 31.2 Å². The minimum absolute atomic E-state index is 0.00210. The van der Waals surface area contributed by atoms with Crippen LogP contribution in [0.25, 0.3) is 11.3 Å². The van der Waals surface area contributed by atoms with E-state index in [0.717, 1.165) is 11.1 Å². The normalized spacial score (nSPS) is 24.7. The zero-order valence-corrected chi connectivity index (χ0v) is 18.6. The van der Waals surface area contributed by atoms with E-state index in [9.17, 15) is 21.6 Å². The third-order valence-electron chi connectivity index (χ3n) is 5.93. The fourth-order valence-corrected chi connectivity index (χ4v) is 7.58. The van der Waals surface area contributed by atoms with Crippen LogP contribution in [0.2, 0.25) is 0 Å². The predicted octanol–water partition coefficient (Wildman–Crippen LogP) is 1.48. The summed E-state index contributed by atoms with van der Waals surface area (Å²) in [4.78, 5) is 14.5. The molecular weight excluding hydrogens is 426 g/mol. The summed E-state index contributed by atoms with van der Waals surface area (Å²) in [5.41, 5.74) is 2.82. The van der Waals surface area contributed by atoms with Crippen LogP contribution in [0.5, 0.6) is 0 Å². The Balaban J connectivity index is 1.70. The highest BCUT2D eigenvalue weighted by atomic mass is 32.2. The molecule has 30 heavy (non-hydrogen) atoms. The number of nitrogens with zero attached hydrogens (tertiary/aromatic N) is 3. The van der Waals surface area contributed by atoms with E-state index in [-0.39, 0.29) is 46.7 Å². The summed E-state index contributed by atoms with van der Waals surface area (Å²) in [5, 5.41) is 4.50. The van der Waals surface area contributed by atoms with Gasteiger partial charge in [0.15, 0.2) is 25.4 Å². The Morgan fingerprint density at radius 3 is 2.23 bits per heavy atom. The summed E-state index contributed by atoms with van der Waals surface area (Å²) < 4.78 is 49.3. The van der Waals surface area contributed by atoms with E-state index in [2.05, 4.69) is 5.10 Å². The third kappa shape index (κ3) is 4.15. The van der Waals surface area contributed by atoms with Crippen molar-refractivity contribution in [3.63, 3.8) is 0 Å². The average molecular weight is 452 g/mol. The van der Waals surface area contributed by atoms with Gasteiger partial charge in [0.2, 0.25) is 0 Å². The molecule has 3 heterocycles. The van der Waals surface area contributed by atoms with Gasteiger partial charge in [0.05, 0.1) is 34.7 Å². The lowest BCUT2D eigenvalue weighted by atomic mass is 10.1. The molecule has 2 unspecified atom stereocenters. The van der Waals surface area contributed by atoms with E-state index >= 15 is 0 Å². The predicted molar refractivity (Wildman–Crippen MR) is 114 cm³/mol. The lowest BCUT2D eigenvalue weighted by Gasteiger charge is -2.22. The summed E-state index contributed by atoms with van der Waals surface area (Å²) in [5.74, 6) is -0.212. The quantitative estimate of drug-likeness (QED) is 0.697. The van der Waals surface area contributed by atoms with Gasteiger partial charge in [-0.1, -0.05) is 29.8 Å². The Morgan fingerprint density at radius 2 is 1.67 bits per heavy atom. The van der Waals surface area contributed by atoms with Crippen LogP contribution in [0, 0.1) is 6.92 Å². The van der Waals surface area contributed by atoms with Crippen molar-refractivity contribution in [2.75, 3.05) is 30.1 Å². The largest absolute Gasteiger partial charge is 0.336 e. The maximum absolute atomic E-state index is 13.1. The fourth-order valence-electron chi connectivity index (χ4n) is 4.11. The molecule has 0 spiro atoms. The van der Waals surface area contributed by atoms with Gasteiger partial charge in [0.25, 0.3) is 5.91 Å². The number of aromatic nitrogens is 2. The number of amides is 1. The zero-order valence-electron chi connectivity index (χ0n) is 17.0. The molecule has 0 N–H and O–H groups in total. The van der Waals surface area contributed by atoms with Gasteiger partial charge in [0, 0.05) is 13.1 Å². The molecule has 0 radical (unpaired) electrons. The molecule has 0 bridgehead atoms. The van der Waals surface area contributed by atoms with E-state index in [4.69, 9.17) is 0 Å². The molecule has 8 nitrogen and oxygen atoms in total. The van der Waals surface area contributed by atoms with Crippen LogP contribution in [0.3, 0.4) is 0 Å². The standard InChI is InChI=1S/C20H25N3O5S2/c1-14-3-5-15(6-4-14)19-11-18(21-23(19)17-8-10-30(27,28)13-17)20(24)22(2)16-7-9-29(25,26)12-16/h3-6,11,16-17H,7-10,12-13H2,1-2H3. The number of aryl methyl sites for hydroxylation is 1. The van der Waals surface area contributed by atoms with Crippen LogP contribution in [-0.4, -0.2) is 73.5 Å². The molecule has 2 atom stereocenters. The van der Waals surface area contributed by atoms with Crippen molar-refractivity contribution in [2.45, 2.75) is 31.8 Å². The second kappa shape index (κ2) is 7.49. The lowest BCUT2D eigenvalue weighted by molar-refractivity contribution is 0.0740. The Hall–Kier alpha value is -2.20. The summed E-state index contributed by atoms with van der Waals surface area (Å²) in [7, 11) is -4.65. The smallest absolute Gasteiger partial charge is 0.274 e. The maximum Gasteiger partial charge on any atom is 0.274 e. The molecule has 2 aliphatic rings. The number of carbonyl (C=O) groups is 1. The van der Waals surface area contributed by atoms with Crippen LogP contribution < -0.4 is 0 Å². The highest BCUT2D eigenvalue weighted by Crippen LogP contribution is 2.31. The number of sulfone groups is 2. The topological polar surface area (TPSA) is 106 Å². The number of hydrogen-bond acceptors (Lipinski definition) is 6. The second-order valence-electron chi connectivity index (χ2n) is 8.26. The summed E-state index contributed by atoms with van der Waals surface area (Å²) in [6.45, 7) is 1.98. The second-order valence-corrected chi connectivity index (χ2v) is 12.7. The first-order valence-corrected chi connectivity index (χ1v) is 13.5. The van der Waals surface area contributed by atoms with E-state index in [1.54, 1.807) is 17.8 Å². The van der Waals surface area contributed by atoms with Gasteiger partial charge in [-0.3, -0.25) is 9.48 Å². The van der Waals surface area contributed by atoms with Gasteiger partial charge in [-0.25, -0.2) is 16.8 Å². The van der Waals surface area contributed by atoms with Gasteiger partial charge in [-0.15, -0.1) is 0 Å². The minimum Gasteiger partial charge on any atom is -0.336 e. The molecule has 1 aromatic heterocycles. The summed E-state index contributed by atoms with van der Waals surface area (Å²) >= 11 is 0. The molecule has 2 aliphatic heterocycles. The van der Waals surface area contributed by atoms with E-state index in [0.29, 0.717) is 18.5 Å². The van der Waals surface area contributed by atoms with Gasteiger partial charge in [0.1, 0.15) is 0 Å². The molecule has 4 rings (SSSR count). The van der Waals surface area contributed by atoms with E-state index < -0.39 is 19.7 Å². The van der Waals surface area contributed by atoms with Crippen LogP contribution in [-0.2, 0) is 19.7 Å². The first kappa shape index (κ1) is 21.0. The van der Waals surface area contributed by atoms with Crippen molar-refractivity contribution in [2.24, 2.45) is 0 Å². The maximum atomic E-state index is 13.1. The molecule has 2 fully saturated rings. The molecule has 0 aliphatic carbocycles. The molecular formula is C20H25N3O5S2. The molecule has 162 valence electrons. The van der Waals surface area contributed by atoms with Crippen LogP contribution >= 0.6 is 0 Å². The monoisotopic (exact) mass is 451 g/mol. The molecule has 2 aromatic rings. The van der Waals surface area contributed by atoms with Gasteiger partial charge < -0.3 is 4.90 Å². The SMILES string of the molecule is Cc1ccc(-c2cc(C(=O)N(C)C3CCS(=O)(=O)C3)nn2C2CCS(=O)(=O)C2)cc1. The zero-order chi connectivity index (χ0) is 21.7. The van der Waals surface area contributed by atoms with Gasteiger partial charge in [-0.2, -0.15) is 5.10 Å². The minimum atomic E-state index is -3.13. The summed E-state index contributed by atoms with van der Waals surface area (Å²) in [6, 6.07) is 8.73. The first-order chi connectivity index (χ1) is 14.0. The Morgan fingerprint density at radius 1 is 1.03 bits per heavy atom. The third-order valence-corrected chi connectivity index (χ3v) is 9.43. The van der Waals surface area contributed by atoms with E-state index in [1.165, 1.54) is 4.90 Å². The van der Waals surface area contributed by atoms with Gasteiger partial charge >= 0.3 is 0 Å². The highest BCUT2D eigenvalue weighted by Gasteiger charge is 2.35. The first-order valence-electron chi connectivity index (χ1n) is 9.89. The molecule has 2 saturated heterocycles. The van der Waals surface area contributed by atoms with Crippen LogP contribution in [0.4, 0.5) is 0 Å². The van der Waals surface area contributed by atoms with Crippen molar-refractivity contribution in [3.05, 3.63) is 41.6 Å². The van der Waals surface area contributed by atoms with Gasteiger partial charge in [-0.05, 0) is 31.4 Å². The number of carbonyl (C=O) groups excluding carboxylic acids is 1. The molecule has 0 saturated carbocycles. The van der Waals surface area contributed by atoms with Crippen molar-refractivity contribution in [3.8, 4) is 11.3 Å². The Kier molecular flexibility index (Phi) is 5.26. The fraction of sp³-hybridized carbons (Fsp3) is 0.500.